The molecule has 1 aromatic carbocycles. The predicted molar refractivity (Wildman–Crippen MR) is 84.9 cm³/mol. The summed E-state index contributed by atoms with van der Waals surface area (Å²) in [5.41, 5.74) is 6.99. The number of nitrogens with two attached hydrogens (primary N) is 1. The number of amides is 1. The maximum atomic E-state index is 11.9. The van der Waals surface area contributed by atoms with Crippen molar-refractivity contribution in [3.8, 4) is 0 Å². The summed E-state index contributed by atoms with van der Waals surface area (Å²) in [7, 11) is 0. The number of hydrogen-bond acceptors (Lipinski definition) is 2. The van der Waals surface area contributed by atoms with Crippen LogP contribution >= 0.6 is 12.4 Å². The highest BCUT2D eigenvalue weighted by atomic mass is 35.5. The van der Waals surface area contributed by atoms with E-state index in [-0.39, 0.29) is 24.4 Å². The lowest BCUT2D eigenvalue weighted by Crippen LogP contribution is -2.38. The Bertz CT molecular complexity index is 404. The van der Waals surface area contributed by atoms with Gasteiger partial charge in [0.25, 0.3) is 0 Å². The van der Waals surface area contributed by atoms with Gasteiger partial charge < -0.3 is 11.1 Å². The van der Waals surface area contributed by atoms with Gasteiger partial charge >= 0.3 is 0 Å². The Morgan fingerprint density at radius 2 is 2.00 bits per heavy atom. The number of halogens is 1. The molecule has 1 saturated carbocycles. The van der Waals surface area contributed by atoms with Crippen LogP contribution in [-0.2, 0) is 11.2 Å². The summed E-state index contributed by atoms with van der Waals surface area (Å²) >= 11 is 0. The molecule has 3 N–H and O–H groups in total. The van der Waals surface area contributed by atoms with Crippen LogP contribution in [-0.4, -0.2) is 18.0 Å². The third-order valence-corrected chi connectivity index (χ3v) is 3.66. The minimum atomic E-state index is 0. The maximum Gasteiger partial charge on any atom is 0.220 e. The van der Waals surface area contributed by atoms with Gasteiger partial charge in [0, 0.05) is 18.5 Å². The second-order valence-corrected chi connectivity index (χ2v) is 5.72. The van der Waals surface area contributed by atoms with Crippen molar-refractivity contribution < 1.29 is 4.79 Å². The van der Waals surface area contributed by atoms with Crippen molar-refractivity contribution in [2.24, 2.45) is 11.7 Å². The van der Waals surface area contributed by atoms with Gasteiger partial charge in [0.1, 0.15) is 0 Å². The molecule has 1 aromatic rings. The van der Waals surface area contributed by atoms with Gasteiger partial charge in [-0.25, -0.2) is 0 Å². The van der Waals surface area contributed by atoms with Crippen molar-refractivity contribution >= 4 is 18.3 Å². The van der Waals surface area contributed by atoms with E-state index < -0.39 is 0 Å². The van der Waals surface area contributed by atoms with Crippen LogP contribution in [0.2, 0.25) is 0 Å². The smallest absolute Gasteiger partial charge is 0.220 e. The molecule has 4 heteroatoms. The molecule has 20 heavy (non-hydrogen) atoms. The molecule has 0 spiro atoms. The highest BCUT2D eigenvalue weighted by Crippen LogP contribution is 2.34. The number of carbonyl (C=O) groups is 1. The lowest BCUT2D eigenvalue weighted by atomic mass is 10.0. The first-order chi connectivity index (χ1) is 9.15. The fourth-order valence-corrected chi connectivity index (χ4v) is 2.34. The zero-order valence-electron chi connectivity index (χ0n) is 12.0. The molecule has 3 nitrogen and oxygen atoms in total. The number of rotatable bonds is 7. The van der Waals surface area contributed by atoms with E-state index >= 15 is 0 Å². The summed E-state index contributed by atoms with van der Waals surface area (Å²) in [6, 6.07) is 10.8. The highest BCUT2D eigenvalue weighted by molar-refractivity contribution is 5.85. The van der Waals surface area contributed by atoms with E-state index in [9.17, 15) is 4.79 Å². The molecule has 0 aliphatic heterocycles. The molecule has 0 saturated heterocycles. The van der Waals surface area contributed by atoms with Crippen LogP contribution in [0.15, 0.2) is 30.3 Å². The Labute approximate surface area is 127 Å². The number of benzene rings is 1. The van der Waals surface area contributed by atoms with Gasteiger partial charge in [0.05, 0.1) is 0 Å². The molecular weight excluding hydrogens is 272 g/mol. The second-order valence-electron chi connectivity index (χ2n) is 5.72. The lowest BCUT2D eigenvalue weighted by molar-refractivity contribution is -0.122. The quantitative estimate of drug-likeness (QED) is 0.813. The van der Waals surface area contributed by atoms with Gasteiger partial charge in [-0.2, -0.15) is 0 Å². The normalized spacial score (nSPS) is 16.9. The Kier molecular flexibility index (Phi) is 7.03. The fourth-order valence-electron chi connectivity index (χ4n) is 2.34. The summed E-state index contributed by atoms with van der Waals surface area (Å²) in [5, 5.41) is 3.19. The predicted octanol–water partition coefficient (Wildman–Crippen LogP) is 2.67. The van der Waals surface area contributed by atoms with Crippen LogP contribution < -0.4 is 11.1 Å². The molecule has 2 rings (SSSR count). The second kappa shape index (κ2) is 8.28. The van der Waals surface area contributed by atoms with Crippen molar-refractivity contribution in [2.75, 3.05) is 0 Å². The molecule has 112 valence electrons. The van der Waals surface area contributed by atoms with E-state index in [4.69, 9.17) is 5.73 Å². The van der Waals surface area contributed by atoms with Gasteiger partial charge in [-0.3, -0.25) is 4.79 Å². The maximum absolute atomic E-state index is 11.9. The van der Waals surface area contributed by atoms with E-state index in [0.717, 1.165) is 12.8 Å². The molecule has 1 fully saturated rings. The molecule has 1 aliphatic rings. The van der Waals surface area contributed by atoms with Crippen LogP contribution in [0, 0.1) is 5.92 Å². The first-order valence-electron chi connectivity index (χ1n) is 7.24. The summed E-state index contributed by atoms with van der Waals surface area (Å²) in [4.78, 5) is 11.9. The summed E-state index contributed by atoms with van der Waals surface area (Å²) < 4.78 is 0. The summed E-state index contributed by atoms with van der Waals surface area (Å²) in [5.74, 6) is 0.810. The lowest BCUT2D eigenvalue weighted by Gasteiger charge is -2.19. The van der Waals surface area contributed by atoms with Gasteiger partial charge in [0.2, 0.25) is 5.91 Å². The standard InChI is InChI=1S/C16H24N2O.ClH/c1-12(17)7-10-16(19)18-15(14-8-9-14)11-13-5-3-2-4-6-13;/h2-6,12,14-15H,7-11,17H2,1H3,(H,18,19);1H. The third kappa shape index (κ3) is 5.93. The van der Waals surface area contributed by atoms with Crippen molar-refractivity contribution in [3.05, 3.63) is 35.9 Å². The number of carbonyl (C=O) groups excluding carboxylic acids is 1. The molecule has 0 heterocycles. The van der Waals surface area contributed by atoms with E-state index in [2.05, 4.69) is 29.6 Å². The van der Waals surface area contributed by atoms with Crippen LogP contribution in [0.1, 0.15) is 38.2 Å². The average molecular weight is 297 g/mol. The molecule has 1 aliphatic carbocycles. The summed E-state index contributed by atoms with van der Waals surface area (Å²) in [6.07, 6.45) is 4.72. The van der Waals surface area contributed by atoms with E-state index in [1.54, 1.807) is 0 Å². The third-order valence-electron chi connectivity index (χ3n) is 3.66. The zero-order chi connectivity index (χ0) is 13.7. The van der Waals surface area contributed by atoms with Crippen molar-refractivity contribution in [1.29, 1.82) is 0 Å². The molecule has 2 atom stereocenters. The van der Waals surface area contributed by atoms with Gasteiger partial charge in [-0.05, 0) is 44.1 Å². The number of nitrogens with one attached hydrogen (secondary N) is 1. The van der Waals surface area contributed by atoms with Gasteiger partial charge in [-0.15, -0.1) is 12.4 Å². The van der Waals surface area contributed by atoms with Crippen LogP contribution in [0.5, 0.6) is 0 Å². The molecule has 0 bridgehead atoms. The molecule has 1 amide bonds. The Morgan fingerprint density at radius 1 is 1.35 bits per heavy atom. The average Bonchev–Trinajstić information content (AvgIpc) is 3.21. The van der Waals surface area contributed by atoms with Gasteiger partial charge in [0.15, 0.2) is 0 Å². The topological polar surface area (TPSA) is 55.1 Å². The van der Waals surface area contributed by atoms with Gasteiger partial charge in [-0.1, -0.05) is 30.3 Å². The molecular formula is C16H25ClN2O. The molecule has 0 radical (unpaired) electrons. The first kappa shape index (κ1) is 17.0. The van der Waals surface area contributed by atoms with E-state index in [1.165, 1.54) is 18.4 Å². The Morgan fingerprint density at radius 3 is 2.55 bits per heavy atom. The minimum Gasteiger partial charge on any atom is -0.353 e. The minimum absolute atomic E-state index is 0. The molecule has 0 aromatic heterocycles. The van der Waals surface area contributed by atoms with E-state index in [0.29, 0.717) is 18.4 Å². The molecule has 2 unspecified atom stereocenters. The fraction of sp³-hybridized carbons (Fsp3) is 0.562. The van der Waals surface area contributed by atoms with Crippen LogP contribution in [0.25, 0.3) is 0 Å². The Hall–Kier alpha value is -1.06. The largest absolute Gasteiger partial charge is 0.353 e. The first-order valence-corrected chi connectivity index (χ1v) is 7.24. The van der Waals surface area contributed by atoms with Crippen LogP contribution in [0.3, 0.4) is 0 Å². The summed E-state index contributed by atoms with van der Waals surface area (Å²) in [6.45, 7) is 1.94. The van der Waals surface area contributed by atoms with Crippen molar-refractivity contribution in [2.45, 2.75) is 51.1 Å². The zero-order valence-corrected chi connectivity index (χ0v) is 12.9. The highest BCUT2D eigenvalue weighted by Gasteiger charge is 2.32. The van der Waals surface area contributed by atoms with Crippen LogP contribution in [0.4, 0.5) is 0 Å². The monoisotopic (exact) mass is 296 g/mol. The van der Waals surface area contributed by atoms with Crippen molar-refractivity contribution in [1.82, 2.24) is 5.32 Å². The Balaban J connectivity index is 0.00000200. The SMILES string of the molecule is CC(N)CCC(=O)NC(Cc1ccccc1)C1CC1.Cl. The number of hydrogen-bond donors (Lipinski definition) is 2. The van der Waals surface area contributed by atoms with Crippen molar-refractivity contribution in [3.63, 3.8) is 0 Å². The van der Waals surface area contributed by atoms with E-state index in [1.807, 2.05) is 13.0 Å².